The number of anilines is 1. The van der Waals surface area contributed by atoms with Gasteiger partial charge in [0.05, 0.1) is 17.1 Å². The smallest absolute Gasteiger partial charge is 0.341 e. The minimum absolute atomic E-state index is 0.0748. The average Bonchev–Trinajstić information content (AvgIpc) is 2.99. The van der Waals surface area contributed by atoms with E-state index in [0.717, 1.165) is 4.88 Å². The molecule has 174 valence electrons. The molecule has 1 aromatic carbocycles. The zero-order valence-electron chi connectivity index (χ0n) is 17.9. The molecule has 1 heterocycles. The third kappa shape index (κ3) is 6.52. The zero-order chi connectivity index (χ0) is 24.1. The molecule has 32 heavy (non-hydrogen) atoms. The van der Waals surface area contributed by atoms with E-state index in [1.165, 1.54) is 42.5 Å². The quantitative estimate of drug-likeness (QED) is 0.504. The molecule has 0 aliphatic carbocycles. The molecule has 2 N–H and O–H groups in total. The molecule has 1 atom stereocenters. The van der Waals surface area contributed by atoms with Gasteiger partial charge in [-0.3, -0.25) is 9.59 Å². The van der Waals surface area contributed by atoms with Crippen molar-refractivity contribution >= 4 is 55.8 Å². The number of hydrogen-bond donors (Lipinski definition) is 2. The van der Waals surface area contributed by atoms with Crippen LogP contribution in [0.4, 0.5) is 5.00 Å². The molecule has 9 nitrogen and oxygen atoms in total. The summed E-state index contributed by atoms with van der Waals surface area (Å²) in [7, 11) is -3.99. The number of hydrogen-bond acceptors (Lipinski definition) is 8. The zero-order valence-corrected chi connectivity index (χ0v) is 20.2. The van der Waals surface area contributed by atoms with Gasteiger partial charge in [-0.05, 0) is 57.5 Å². The molecule has 2 aromatic rings. The van der Waals surface area contributed by atoms with Gasteiger partial charge in [0.1, 0.15) is 11.0 Å². The number of halogens is 1. The number of nitrogens with one attached hydrogen (secondary N) is 2. The topological polar surface area (TPSA) is 128 Å². The van der Waals surface area contributed by atoms with E-state index in [1.54, 1.807) is 20.8 Å². The maximum Gasteiger partial charge on any atom is 0.341 e. The van der Waals surface area contributed by atoms with Crippen LogP contribution in [0.3, 0.4) is 0 Å². The number of carbonyl (C=O) groups is 3. The number of amides is 1. The molecule has 0 radical (unpaired) electrons. The Morgan fingerprint density at radius 3 is 2.34 bits per heavy atom. The Hall–Kier alpha value is -2.47. The lowest BCUT2D eigenvalue weighted by Crippen LogP contribution is -2.40. The molecule has 2 rings (SSSR count). The molecule has 1 unspecified atom stereocenters. The molecule has 0 fully saturated rings. The minimum atomic E-state index is -3.99. The first-order chi connectivity index (χ1) is 15.0. The highest BCUT2D eigenvalue weighted by atomic mass is 35.5. The summed E-state index contributed by atoms with van der Waals surface area (Å²) >= 11 is 6.94. The third-order valence-corrected chi connectivity index (χ3v) is 7.20. The van der Waals surface area contributed by atoms with E-state index in [9.17, 15) is 22.8 Å². The third-order valence-electron chi connectivity index (χ3n) is 4.27. The maximum absolute atomic E-state index is 12.3. The van der Waals surface area contributed by atoms with E-state index < -0.39 is 40.5 Å². The van der Waals surface area contributed by atoms with Gasteiger partial charge >= 0.3 is 11.9 Å². The molecule has 0 bridgehead atoms. The SMILES string of the molecule is CCOC(=O)c1c(NC(=O)COC(=O)C(C)NS(=O)(=O)c2ccc(Cl)cc2)sc(C)c1C. The number of ether oxygens (including phenoxy) is 2. The molecule has 1 aromatic heterocycles. The number of sulfonamides is 1. The van der Waals surface area contributed by atoms with Crippen molar-refractivity contribution in [3.05, 3.63) is 45.3 Å². The van der Waals surface area contributed by atoms with Crippen molar-refractivity contribution in [3.8, 4) is 0 Å². The van der Waals surface area contributed by atoms with Crippen molar-refractivity contribution in [1.82, 2.24) is 4.72 Å². The lowest BCUT2D eigenvalue weighted by molar-refractivity contribution is -0.148. The Kier molecular flexibility index (Phi) is 8.79. The van der Waals surface area contributed by atoms with Crippen LogP contribution < -0.4 is 10.0 Å². The summed E-state index contributed by atoms with van der Waals surface area (Å²) in [5.74, 6) is -2.19. The Morgan fingerprint density at radius 1 is 1.12 bits per heavy atom. The van der Waals surface area contributed by atoms with E-state index in [2.05, 4.69) is 10.0 Å². The van der Waals surface area contributed by atoms with Crippen LogP contribution >= 0.6 is 22.9 Å². The van der Waals surface area contributed by atoms with E-state index in [-0.39, 0.29) is 22.1 Å². The van der Waals surface area contributed by atoms with Crippen molar-refractivity contribution in [3.63, 3.8) is 0 Å². The van der Waals surface area contributed by atoms with Gasteiger partial charge in [0, 0.05) is 9.90 Å². The Morgan fingerprint density at radius 2 is 1.75 bits per heavy atom. The van der Waals surface area contributed by atoms with Gasteiger partial charge in [-0.25, -0.2) is 13.2 Å². The summed E-state index contributed by atoms with van der Waals surface area (Å²) in [6.45, 7) is 6.02. The average molecular weight is 503 g/mol. The first kappa shape index (κ1) is 25.8. The number of rotatable bonds is 9. The highest BCUT2D eigenvalue weighted by Gasteiger charge is 2.25. The van der Waals surface area contributed by atoms with Gasteiger partial charge in [-0.15, -0.1) is 11.3 Å². The second-order valence-corrected chi connectivity index (χ2v) is 10.0. The summed E-state index contributed by atoms with van der Waals surface area (Å²) < 4.78 is 36.8. The van der Waals surface area contributed by atoms with Crippen molar-refractivity contribution in [2.45, 2.75) is 38.6 Å². The first-order valence-electron chi connectivity index (χ1n) is 9.47. The van der Waals surface area contributed by atoms with Gasteiger partial charge in [-0.2, -0.15) is 4.72 Å². The van der Waals surface area contributed by atoms with Gasteiger partial charge in [0.15, 0.2) is 6.61 Å². The van der Waals surface area contributed by atoms with Crippen LogP contribution in [0.5, 0.6) is 0 Å². The molecular formula is C20H23ClN2O7S2. The normalized spacial score (nSPS) is 12.2. The van der Waals surface area contributed by atoms with E-state index >= 15 is 0 Å². The van der Waals surface area contributed by atoms with Gasteiger partial charge in [0.2, 0.25) is 10.0 Å². The molecule has 0 saturated heterocycles. The summed E-state index contributed by atoms with van der Waals surface area (Å²) in [4.78, 5) is 37.3. The monoisotopic (exact) mass is 502 g/mol. The summed E-state index contributed by atoms with van der Waals surface area (Å²) in [6, 6.07) is 4.15. The number of carbonyl (C=O) groups excluding carboxylic acids is 3. The molecule has 0 aliphatic rings. The summed E-state index contributed by atoms with van der Waals surface area (Å²) in [6.07, 6.45) is 0. The number of aryl methyl sites for hydroxylation is 1. The predicted molar refractivity (Wildman–Crippen MR) is 121 cm³/mol. The number of esters is 2. The van der Waals surface area contributed by atoms with Crippen LogP contribution in [0.25, 0.3) is 0 Å². The standard InChI is InChI=1S/C20H23ClN2O7S2/c1-5-29-20(26)17-11(2)13(4)31-18(17)22-16(24)10-30-19(25)12(3)23-32(27,28)15-8-6-14(21)7-9-15/h6-9,12,23H,5,10H2,1-4H3,(H,22,24). The van der Waals surface area contributed by atoms with Crippen LogP contribution in [-0.2, 0) is 29.1 Å². The van der Waals surface area contributed by atoms with Gasteiger partial charge in [0.25, 0.3) is 5.91 Å². The molecule has 0 spiro atoms. The van der Waals surface area contributed by atoms with E-state index in [1.807, 2.05) is 0 Å². The molecule has 12 heteroatoms. The van der Waals surface area contributed by atoms with E-state index in [0.29, 0.717) is 10.6 Å². The molecular weight excluding hydrogens is 480 g/mol. The molecule has 0 aliphatic heterocycles. The largest absolute Gasteiger partial charge is 0.462 e. The van der Waals surface area contributed by atoms with Gasteiger partial charge < -0.3 is 14.8 Å². The Labute approximate surface area is 195 Å². The lowest BCUT2D eigenvalue weighted by Gasteiger charge is -2.14. The number of thiophene rings is 1. The van der Waals surface area contributed by atoms with Crippen LogP contribution in [0.15, 0.2) is 29.2 Å². The van der Waals surface area contributed by atoms with Crippen molar-refractivity contribution < 1.29 is 32.3 Å². The Balaban J connectivity index is 1.97. The van der Waals surface area contributed by atoms with Crippen LogP contribution in [0.1, 0.15) is 34.6 Å². The van der Waals surface area contributed by atoms with Gasteiger partial charge in [-0.1, -0.05) is 11.6 Å². The highest BCUT2D eigenvalue weighted by molar-refractivity contribution is 7.89. The Bertz CT molecular complexity index is 1110. The first-order valence-corrected chi connectivity index (χ1v) is 12.2. The fourth-order valence-corrected chi connectivity index (χ4v) is 4.93. The summed E-state index contributed by atoms with van der Waals surface area (Å²) in [5, 5.41) is 3.19. The number of benzene rings is 1. The second-order valence-electron chi connectivity index (χ2n) is 6.66. The minimum Gasteiger partial charge on any atom is -0.462 e. The van der Waals surface area contributed by atoms with Crippen molar-refractivity contribution in [2.75, 3.05) is 18.5 Å². The fraction of sp³-hybridized carbons (Fsp3) is 0.350. The fourth-order valence-electron chi connectivity index (χ4n) is 2.55. The van der Waals surface area contributed by atoms with E-state index in [4.69, 9.17) is 21.1 Å². The van der Waals surface area contributed by atoms with Crippen LogP contribution in [-0.4, -0.2) is 45.5 Å². The lowest BCUT2D eigenvalue weighted by atomic mass is 10.1. The predicted octanol–water partition coefficient (Wildman–Crippen LogP) is 3.04. The highest BCUT2D eigenvalue weighted by Crippen LogP contribution is 2.33. The van der Waals surface area contributed by atoms with Crippen LogP contribution in [0, 0.1) is 13.8 Å². The molecule has 1 amide bonds. The van der Waals surface area contributed by atoms with Crippen molar-refractivity contribution in [1.29, 1.82) is 0 Å². The van der Waals surface area contributed by atoms with Crippen LogP contribution in [0.2, 0.25) is 5.02 Å². The second kappa shape index (κ2) is 10.9. The molecule has 0 saturated carbocycles. The maximum atomic E-state index is 12.3. The summed E-state index contributed by atoms with van der Waals surface area (Å²) in [5.41, 5.74) is 0.934. The van der Waals surface area contributed by atoms with Crippen molar-refractivity contribution in [2.24, 2.45) is 0 Å².